The van der Waals surface area contributed by atoms with E-state index >= 15 is 0 Å². The zero-order chi connectivity index (χ0) is 13.6. The molecule has 0 saturated carbocycles. The Morgan fingerprint density at radius 1 is 1.12 bits per heavy atom. The fourth-order valence-corrected chi connectivity index (χ4v) is 4.79. The predicted octanol–water partition coefficient (Wildman–Crippen LogP) is 4.43. The monoisotopic (exact) mass is 277 g/mol. The summed E-state index contributed by atoms with van der Waals surface area (Å²) in [5, 5.41) is 0. The first-order chi connectivity index (χ1) is 7.48. The molecule has 0 aliphatic carbocycles. The van der Waals surface area contributed by atoms with Crippen LogP contribution in [0.2, 0.25) is 0 Å². The van der Waals surface area contributed by atoms with Gasteiger partial charge in [0.25, 0.3) is 5.66 Å². The van der Waals surface area contributed by atoms with Crippen LogP contribution in [0, 0.1) is 0 Å². The number of halogens is 5. The minimum absolute atomic E-state index is 0.163. The van der Waals surface area contributed by atoms with Crippen molar-refractivity contribution in [1.82, 2.24) is 4.90 Å². The second kappa shape index (κ2) is 4.61. The number of alkyl halides is 5. The molecule has 1 rings (SSSR count). The largest absolute Gasteiger partial charge is 0.412 e. The highest BCUT2D eigenvalue weighted by molar-refractivity contribution is 7.62. The van der Waals surface area contributed by atoms with Crippen LogP contribution in [-0.2, 0) is 0 Å². The van der Waals surface area contributed by atoms with E-state index < -0.39 is 31.7 Å². The van der Waals surface area contributed by atoms with E-state index in [1.807, 2.05) is 0 Å². The van der Waals surface area contributed by atoms with Gasteiger partial charge in [-0.05, 0) is 27.7 Å². The van der Waals surface area contributed by atoms with Crippen molar-refractivity contribution in [1.29, 1.82) is 0 Å². The van der Waals surface area contributed by atoms with Crippen LogP contribution in [0.15, 0.2) is 0 Å². The van der Waals surface area contributed by atoms with Gasteiger partial charge in [-0.2, -0.15) is 13.2 Å². The maximum Gasteiger partial charge on any atom is 0.412 e. The van der Waals surface area contributed by atoms with Crippen LogP contribution in [0.4, 0.5) is 22.0 Å². The Hall–Kier alpha value is 0.0400. The highest BCUT2D eigenvalue weighted by atomic mass is 31.1. The Balaban J connectivity index is 2.93. The first kappa shape index (κ1) is 15.1. The molecule has 0 bridgehead atoms. The van der Waals surface area contributed by atoms with Crippen LogP contribution >= 0.6 is 7.92 Å². The maximum absolute atomic E-state index is 13.1. The van der Waals surface area contributed by atoms with Gasteiger partial charge in [0.2, 0.25) is 0 Å². The van der Waals surface area contributed by atoms with Crippen LogP contribution in [-0.4, -0.2) is 34.3 Å². The molecule has 0 amide bonds. The molecule has 2 atom stereocenters. The summed E-state index contributed by atoms with van der Waals surface area (Å²) in [6.07, 6.45) is -0.672. The topological polar surface area (TPSA) is 3.24 Å². The van der Waals surface area contributed by atoms with Crippen molar-refractivity contribution < 1.29 is 22.0 Å². The van der Waals surface area contributed by atoms with Gasteiger partial charge in [0.05, 0.1) is 13.7 Å². The summed E-state index contributed by atoms with van der Waals surface area (Å²) >= 11 is 0. The van der Waals surface area contributed by atoms with E-state index in [2.05, 4.69) is 0 Å². The van der Waals surface area contributed by atoms with Crippen LogP contribution < -0.4 is 0 Å². The second-order valence-electron chi connectivity index (χ2n) is 4.82. The molecule has 1 aliphatic heterocycles. The molecule has 0 spiro atoms. The first-order valence-corrected chi connectivity index (χ1v) is 6.91. The quantitative estimate of drug-likeness (QED) is 0.545. The van der Waals surface area contributed by atoms with Crippen LogP contribution in [0.1, 0.15) is 34.1 Å². The lowest BCUT2D eigenvalue weighted by Crippen LogP contribution is -2.55. The number of hydrogen-bond donors (Lipinski definition) is 0. The summed E-state index contributed by atoms with van der Waals surface area (Å²) in [7, 11) is -3.26. The third kappa shape index (κ3) is 2.90. The lowest BCUT2D eigenvalue weighted by Gasteiger charge is -2.52. The Morgan fingerprint density at radius 2 is 1.53 bits per heavy atom. The summed E-state index contributed by atoms with van der Waals surface area (Å²) < 4.78 is 64.2. The lowest BCUT2D eigenvalue weighted by atomic mass is 10.2. The summed E-state index contributed by atoms with van der Waals surface area (Å²) in [6, 6.07) is -0.327. The Labute approximate surface area is 99.1 Å². The molecule has 1 heterocycles. The molecular weight excluding hydrogens is 260 g/mol. The fourth-order valence-electron chi connectivity index (χ4n) is 2.39. The van der Waals surface area contributed by atoms with E-state index in [0.29, 0.717) is 0 Å². The minimum atomic E-state index is -4.77. The predicted molar refractivity (Wildman–Crippen MR) is 58.4 cm³/mol. The number of rotatable bonds is 3. The smallest absolute Gasteiger partial charge is 0.291 e. The van der Waals surface area contributed by atoms with E-state index in [1.165, 1.54) is 0 Å². The molecule has 1 nitrogen and oxygen atoms in total. The average molecular weight is 277 g/mol. The summed E-state index contributed by atoms with van der Waals surface area (Å²) in [6.45, 7) is 6.95. The Kier molecular flexibility index (Phi) is 4.10. The second-order valence-corrected chi connectivity index (χ2v) is 7.32. The highest BCUT2D eigenvalue weighted by Gasteiger charge is 2.69. The molecule has 0 radical (unpaired) electrons. The third-order valence-corrected chi connectivity index (χ3v) is 5.37. The highest BCUT2D eigenvalue weighted by Crippen LogP contribution is 2.77. The Bertz CT molecular complexity index is 258. The SMILES string of the molecule is CC(C)N(C(C)C)C1CC(F)(F)P1C(F)(F)F. The average Bonchev–Trinajstić information content (AvgIpc) is 1.95. The van der Waals surface area contributed by atoms with Gasteiger partial charge < -0.3 is 0 Å². The van der Waals surface area contributed by atoms with Gasteiger partial charge in [-0.1, -0.05) is 0 Å². The van der Waals surface area contributed by atoms with Gasteiger partial charge in [-0.25, -0.2) is 8.78 Å². The normalized spacial score (nSPS) is 28.9. The van der Waals surface area contributed by atoms with Crippen LogP contribution in [0.3, 0.4) is 0 Å². The summed E-state index contributed by atoms with van der Waals surface area (Å²) in [4.78, 5) is 1.55. The van der Waals surface area contributed by atoms with Crippen molar-refractivity contribution in [3.05, 3.63) is 0 Å². The Morgan fingerprint density at radius 3 is 1.76 bits per heavy atom. The molecule has 102 valence electrons. The van der Waals surface area contributed by atoms with Gasteiger partial charge >= 0.3 is 5.92 Å². The van der Waals surface area contributed by atoms with Gasteiger partial charge in [0.15, 0.2) is 0 Å². The van der Waals surface area contributed by atoms with E-state index in [4.69, 9.17) is 0 Å². The molecule has 17 heavy (non-hydrogen) atoms. The van der Waals surface area contributed by atoms with Gasteiger partial charge in [-0.3, -0.25) is 4.90 Å². The van der Waals surface area contributed by atoms with E-state index in [0.717, 1.165) is 0 Å². The molecule has 1 aliphatic rings. The molecule has 0 N–H and O–H groups in total. The molecule has 2 unspecified atom stereocenters. The zero-order valence-electron chi connectivity index (χ0n) is 10.2. The van der Waals surface area contributed by atoms with Crippen molar-refractivity contribution >= 4 is 7.92 Å². The van der Waals surface area contributed by atoms with E-state index in [9.17, 15) is 22.0 Å². The van der Waals surface area contributed by atoms with Crippen molar-refractivity contribution in [3.8, 4) is 0 Å². The lowest BCUT2D eigenvalue weighted by molar-refractivity contribution is -0.0753. The molecule has 0 aromatic carbocycles. The molecule has 7 heteroatoms. The third-order valence-electron chi connectivity index (χ3n) is 2.89. The van der Waals surface area contributed by atoms with Crippen molar-refractivity contribution in [2.24, 2.45) is 0 Å². The zero-order valence-corrected chi connectivity index (χ0v) is 11.1. The van der Waals surface area contributed by atoms with Gasteiger partial charge in [0.1, 0.15) is 0 Å². The molecule has 1 saturated heterocycles. The summed E-state index contributed by atoms with van der Waals surface area (Å²) in [5.41, 5.74) is -3.56. The van der Waals surface area contributed by atoms with Crippen molar-refractivity contribution in [2.45, 2.75) is 63.6 Å². The molecular formula is C10H17F5NP. The summed E-state index contributed by atoms with van der Waals surface area (Å²) in [5.74, 6) is -5.82. The number of hydrogen-bond acceptors (Lipinski definition) is 1. The molecule has 0 aromatic rings. The van der Waals surface area contributed by atoms with Crippen LogP contribution in [0.25, 0.3) is 0 Å². The van der Waals surface area contributed by atoms with E-state index in [-0.39, 0.29) is 12.1 Å². The maximum atomic E-state index is 13.1. The van der Waals surface area contributed by atoms with Gasteiger partial charge in [-0.15, -0.1) is 0 Å². The fraction of sp³-hybridized carbons (Fsp3) is 1.00. The standard InChI is InChI=1S/C10H17F5NP/c1-6(2)16(7(3)4)8-5-9(11,12)17(8)10(13,14)15/h6-8H,5H2,1-4H3. The van der Waals surface area contributed by atoms with Crippen molar-refractivity contribution in [3.63, 3.8) is 0 Å². The first-order valence-electron chi connectivity index (χ1n) is 5.50. The van der Waals surface area contributed by atoms with Gasteiger partial charge in [0, 0.05) is 18.5 Å². The minimum Gasteiger partial charge on any atom is -0.291 e. The number of nitrogens with zero attached hydrogens (tertiary/aromatic N) is 1. The van der Waals surface area contributed by atoms with Crippen molar-refractivity contribution in [2.75, 3.05) is 0 Å². The van der Waals surface area contributed by atoms with E-state index in [1.54, 1.807) is 32.6 Å². The molecule has 0 aromatic heterocycles. The molecule has 1 fully saturated rings. The van der Waals surface area contributed by atoms with Crippen LogP contribution in [0.5, 0.6) is 0 Å².